The molecule has 2 aromatic heterocycles. The topological polar surface area (TPSA) is 21.3 Å². The van der Waals surface area contributed by atoms with Gasteiger partial charge in [-0.25, -0.2) is 0 Å². The van der Waals surface area contributed by atoms with E-state index in [2.05, 4.69) is 204 Å². The zero-order valence-electron chi connectivity index (χ0n) is 29.9. The Morgan fingerprint density at radius 3 is 1.71 bits per heavy atom. The lowest BCUT2D eigenvalue weighted by molar-refractivity contribution is 0.670. The predicted molar refractivity (Wildman–Crippen MR) is 231 cm³/mol. The van der Waals surface area contributed by atoms with E-state index in [1.807, 2.05) is 12.1 Å². The molecule has 3 heteroatoms. The maximum atomic E-state index is 6.45. The zero-order chi connectivity index (χ0) is 36.3. The largest absolute Gasteiger partial charge is 0.455 e. The highest BCUT2D eigenvalue weighted by molar-refractivity contribution is 6.11. The van der Waals surface area contributed by atoms with Crippen LogP contribution in [0.3, 0.4) is 0 Å². The summed E-state index contributed by atoms with van der Waals surface area (Å²) in [5.74, 6) is 0. The van der Waals surface area contributed by atoms with Crippen molar-refractivity contribution in [1.29, 1.82) is 0 Å². The summed E-state index contributed by atoms with van der Waals surface area (Å²) in [6.45, 7) is 0. The highest BCUT2D eigenvalue weighted by atomic mass is 16.3. The number of hydrogen-bond acceptors (Lipinski definition) is 2. The Labute approximate surface area is 318 Å². The van der Waals surface area contributed by atoms with Gasteiger partial charge in [-0.15, -0.1) is 0 Å². The molecule has 0 aliphatic rings. The summed E-state index contributed by atoms with van der Waals surface area (Å²) in [4.78, 5) is 2.42. The first-order valence-corrected chi connectivity index (χ1v) is 18.8. The molecule has 2 heterocycles. The molecule has 11 aromatic rings. The molecule has 0 unspecified atom stereocenters. The molecule has 0 aliphatic heterocycles. The fourth-order valence-corrected chi connectivity index (χ4v) is 8.55. The summed E-state index contributed by atoms with van der Waals surface area (Å²) in [7, 11) is 0. The Kier molecular flexibility index (Phi) is 7.17. The van der Waals surface area contributed by atoms with E-state index in [-0.39, 0.29) is 0 Å². The molecule has 0 bridgehead atoms. The Balaban J connectivity index is 1.12. The fraction of sp³-hybridized carbons (Fsp3) is 0. The van der Waals surface area contributed by atoms with E-state index in [0.29, 0.717) is 0 Å². The van der Waals surface area contributed by atoms with Crippen molar-refractivity contribution < 1.29 is 4.42 Å². The number of anilines is 3. The van der Waals surface area contributed by atoms with Crippen molar-refractivity contribution in [2.45, 2.75) is 0 Å². The highest BCUT2D eigenvalue weighted by Gasteiger charge is 2.22. The highest BCUT2D eigenvalue weighted by Crippen LogP contribution is 2.46. The summed E-state index contributed by atoms with van der Waals surface area (Å²) in [5.41, 5.74) is 13.1. The average molecular weight is 703 g/mol. The summed E-state index contributed by atoms with van der Waals surface area (Å²) >= 11 is 0. The molecular weight excluding hydrogens is 669 g/mol. The summed E-state index contributed by atoms with van der Waals surface area (Å²) < 4.78 is 8.87. The predicted octanol–water partition coefficient (Wildman–Crippen LogP) is 14.6. The first-order chi connectivity index (χ1) is 27.3. The van der Waals surface area contributed by atoms with Crippen molar-refractivity contribution in [3.05, 3.63) is 206 Å². The van der Waals surface area contributed by atoms with Crippen LogP contribution < -0.4 is 4.90 Å². The van der Waals surface area contributed by atoms with Crippen LogP contribution in [0, 0.1) is 0 Å². The Bertz CT molecular complexity index is 3160. The van der Waals surface area contributed by atoms with Crippen LogP contribution in [0.4, 0.5) is 17.1 Å². The van der Waals surface area contributed by atoms with Crippen molar-refractivity contribution in [2.75, 3.05) is 4.90 Å². The van der Waals surface area contributed by atoms with Crippen molar-refractivity contribution in [3.63, 3.8) is 0 Å². The van der Waals surface area contributed by atoms with Gasteiger partial charge >= 0.3 is 0 Å². The summed E-state index contributed by atoms with van der Waals surface area (Å²) in [6.07, 6.45) is 0. The molecule has 0 spiro atoms. The SMILES string of the molecule is c1ccc(N(c2ccc(-c3cccc4c3oc3ccccc34)cc2)c2cccc3ccccc23)c(-c2ccccc2-n2c3ccccc3c3ccccc32)c1. The van der Waals surface area contributed by atoms with E-state index >= 15 is 0 Å². The normalized spacial score (nSPS) is 11.6. The third-order valence-electron chi connectivity index (χ3n) is 11.0. The number of nitrogens with zero attached hydrogens (tertiary/aromatic N) is 2. The number of hydrogen-bond donors (Lipinski definition) is 0. The van der Waals surface area contributed by atoms with E-state index < -0.39 is 0 Å². The van der Waals surface area contributed by atoms with Gasteiger partial charge in [-0.05, 0) is 59.5 Å². The standard InChI is InChI=1S/C52H34N2O/c1-2-17-38-35(15-1)16-13-29-46(38)53(37-33-31-36(32-34-37)39-23-14-24-45-44-22-7-12-30-51(44)55-52(39)45)47-25-8-3-18-40(47)41-19-4-9-26-48(41)54-49-27-10-5-20-42(49)43-21-6-11-28-50(43)54/h1-34H. The van der Waals surface area contributed by atoms with E-state index in [4.69, 9.17) is 4.42 Å². The van der Waals surface area contributed by atoms with Crippen molar-refractivity contribution >= 4 is 71.6 Å². The van der Waals surface area contributed by atoms with Crippen molar-refractivity contribution in [1.82, 2.24) is 4.57 Å². The van der Waals surface area contributed by atoms with Crippen LogP contribution in [0.2, 0.25) is 0 Å². The Hall–Kier alpha value is -7.36. The van der Waals surface area contributed by atoms with Crippen molar-refractivity contribution in [3.8, 4) is 27.9 Å². The van der Waals surface area contributed by atoms with Crippen LogP contribution in [-0.4, -0.2) is 4.57 Å². The lowest BCUT2D eigenvalue weighted by Crippen LogP contribution is -2.12. The van der Waals surface area contributed by atoms with Gasteiger partial charge in [0.2, 0.25) is 0 Å². The van der Waals surface area contributed by atoms with Gasteiger partial charge in [-0.1, -0.05) is 158 Å². The lowest BCUT2D eigenvalue weighted by Gasteiger charge is -2.29. The Morgan fingerprint density at radius 1 is 0.364 bits per heavy atom. The van der Waals surface area contributed by atoms with Gasteiger partial charge in [-0.2, -0.15) is 0 Å². The molecule has 0 aliphatic carbocycles. The molecule has 9 aromatic carbocycles. The molecule has 0 saturated heterocycles. The average Bonchev–Trinajstić information content (AvgIpc) is 3.80. The van der Waals surface area contributed by atoms with Crippen LogP contribution in [0.25, 0.3) is 82.5 Å². The molecule has 0 saturated carbocycles. The van der Waals surface area contributed by atoms with Gasteiger partial charge in [0.25, 0.3) is 0 Å². The fourth-order valence-electron chi connectivity index (χ4n) is 8.55. The minimum absolute atomic E-state index is 0.904. The summed E-state index contributed by atoms with van der Waals surface area (Å²) in [6, 6.07) is 74.0. The van der Waals surface area contributed by atoms with Gasteiger partial charge in [0.05, 0.1) is 28.1 Å². The lowest BCUT2D eigenvalue weighted by atomic mass is 9.98. The number of furan rings is 1. The van der Waals surface area contributed by atoms with Crippen LogP contribution in [0.5, 0.6) is 0 Å². The molecule has 11 rings (SSSR count). The zero-order valence-corrected chi connectivity index (χ0v) is 29.9. The molecule has 55 heavy (non-hydrogen) atoms. The number of benzene rings is 9. The van der Waals surface area contributed by atoms with Crippen molar-refractivity contribution in [2.24, 2.45) is 0 Å². The number of rotatable bonds is 6. The molecule has 0 fully saturated rings. The molecule has 0 radical (unpaired) electrons. The van der Waals surface area contributed by atoms with Gasteiger partial charge < -0.3 is 13.9 Å². The second-order valence-corrected chi connectivity index (χ2v) is 14.1. The van der Waals surface area contributed by atoms with Crippen LogP contribution in [0.15, 0.2) is 211 Å². The molecule has 3 nitrogen and oxygen atoms in total. The first kappa shape index (κ1) is 31.2. The number of fused-ring (bicyclic) bond motifs is 7. The van der Waals surface area contributed by atoms with Gasteiger partial charge in [0.15, 0.2) is 0 Å². The van der Waals surface area contributed by atoms with Crippen LogP contribution >= 0.6 is 0 Å². The van der Waals surface area contributed by atoms with Gasteiger partial charge in [0.1, 0.15) is 11.2 Å². The molecule has 0 amide bonds. The Morgan fingerprint density at radius 2 is 0.909 bits per heavy atom. The third kappa shape index (κ3) is 4.98. The molecule has 0 atom stereocenters. The second kappa shape index (κ2) is 12.6. The monoisotopic (exact) mass is 702 g/mol. The van der Waals surface area contributed by atoms with E-state index in [0.717, 1.165) is 66.9 Å². The number of aromatic nitrogens is 1. The maximum absolute atomic E-state index is 6.45. The van der Waals surface area contributed by atoms with E-state index in [1.165, 1.54) is 32.6 Å². The van der Waals surface area contributed by atoms with Gasteiger partial charge in [0, 0.05) is 49.3 Å². The van der Waals surface area contributed by atoms with E-state index in [9.17, 15) is 0 Å². The van der Waals surface area contributed by atoms with Gasteiger partial charge in [-0.3, -0.25) is 0 Å². The molecule has 258 valence electrons. The second-order valence-electron chi connectivity index (χ2n) is 14.1. The minimum Gasteiger partial charge on any atom is -0.455 e. The maximum Gasteiger partial charge on any atom is 0.143 e. The van der Waals surface area contributed by atoms with E-state index in [1.54, 1.807) is 0 Å². The van der Waals surface area contributed by atoms with Crippen LogP contribution in [0.1, 0.15) is 0 Å². The minimum atomic E-state index is 0.904. The molecular formula is C52H34N2O. The molecule has 0 N–H and O–H groups in total. The summed E-state index contributed by atoms with van der Waals surface area (Å²) in [5, 5.41) is 7.14. The quantitative estimate of drug-likeness (QED) is 0.172. The first-order valence-electron chi connectivity index (χ1n) is 18.8. The number of para-hydroxylation sites is 6. The van der Waals surface area contributed by atoms with Crippen LogP contribution in [-0.2, 0) is 0 Å². The third-order valence-corrected chi connectivity index (χ3v) is 11.0. The smallest absolute Gasteiger partial charge is 0.143 e.